The minimum atomic E-state index is -0.530. The molecule has 2 amide bonds. The van der Waals surface area contributed by atoms with Crippen LogP contribution in [-0.4, -0.2) is 24.0 Å². The minimum absolute atomic E-state index is 0.0646. The zero-order valence-electron chi connectivity index (χ0n) is 22.8. The SMILES string of the molecule is COc1cccc(/C=C2\C(=O)N(c3ccccc3)C(=S)N(c3ccc(C)c(C)c3)C2=O)c1OCc1ccc(Cl)cc1. The van der Waals surface area contributed by atoms with Crippen molar-refractivity contribution in [1.29, 1.82) is 0 Å². The molecule has 0 unspecified atom stereocenters. The van der Waals surface area contributed by atoms with Crippen molar-refractivity contribution in [2.24, 2.45) is 0 Å². The first-order chi connectivity index (χ1) is 19.8. The second-order valence-corrected chi connectivity index (χ2v) is 10.3. The van der Waals surface area contributed by atoms with Crippen LogP contribution in [0.2, 0.25) is 5.02 Å². The predicted octanol–water partition coefficient (Wildman–Crippen LogP) is 7.29. The molecule has 4 aromatic carbocycles. The first-order valence-electron chi connectivity index (χ1n) is 12.9. The Morgan fingerprint density at radius 2 is 1.49 bits per heavy atom. The molecule has 8 heteroatoms. The van der Waals surface area contributed by atoms with Crippen LogP contribution in [0.1, 0.15) is 22.3 Å². The largest absolute Gasteiger partial charge is 0.493 e. The van der Waals surface area contributed by atoms with Crippen molar-refractivity contribution in [2.75, 3.05) is 16.9 Å². The molecule has 1 heterocycles. The van der Waals surface area contributed by atoms with E-state index in [-0.39, 0.29) is 17.3 Å². The molecule has 1 aliphatic rings. The number of anilines is 2. The van der Waals surface area contributed by atoms with Crippen LogP contribution in [-0.2, 0) is 16.2 Å². The van der Waals surface area contributed by atoms with Gasteiger partial charge in [-0.15, -0.1) is 0 Å². The summed E-state index contributed by atoms with van der Waals surface area (Å²) in [6, 6.07) is 27.3. The van der Waals surface area contributed by atoms with Crippen LogP contribution in [0.5, 0.6) is 11.5 Å². The molecule has 0 N–H and O–H groups in total. The van der Waals surface area contributed by atoms with Crippen LogP contribution >= 0.6 is 23.8 Å². The Morgan fingerprint density at radius 1 is 0.805 bits per heavy atom. The van der Waals surface area contributed by atoms with Gasteiger partial charge < -0.3 is 9.47 Å². The van der Waals surface area contributed by atoms with Gasteiger partial charge in [-0.1, -0.05) is 60.1 Å². The standard InChI is InChI=1S/C33H27ClN2O4S/c1-21-12-17-27(18-22(21)2)36-32(38)28(31(37)35(33(36)41)26-9-5-4-6-10-26)19-24-8-7-11-29(39-3)30(24)40-20-23-13-15-25(34)16-14-23/h4-19H,20H2,1-3H3/b28-19+. The quantitative estimate of drug-likeness (QED) is 0.130. The average molecular weight is 583 g/mol. The Balaban J connectivity index is 1.61. The lowest BCUT2D eigenvalue weighted by molar-refractivity contribution is -0.120. The van der Waals surface area contributed by atoms with Crippen LogP contribution in [0, 0.1) is 13.8 Å². The molecule has 0 bridgehead atoms. The number of carbonyl (C=O) groups excluding carboxylic acids is 2. The van der Waals surface area contributed by atoms with Gasteiger partial charge in [-0.05, 0) is 91.3 Å². The summed E-state index contributed by atoms with van der Waals surface area (Å²) in [6.07, 6.45) is 1.54. The number of amides is 2. The number of thiocarbonyl (C=S) groups is 1. The first-order valence-corrected chi connectivity index (χ1v) is 13.7. The molecule has 5 rings (SSSR count). The highest BCUT2D eigenvalue weighted by molar-refractivity contribution is 7.81. The zero-order chi connectivity index (χ0) is 29.1. The molecule has 206 valence electrons. The Labute approximate surface area is 249 Å². The van der Waals surface area contributed by atoms with Gasteiger partial charge in [0.15, 0.2) is 16.6 Å². The van der Waals surface area contributed by atoms with E-state index < -0.39 is 11.8 Å². The lowest BCUT2D eigenvalue weighted by atomic mass is 10.0. The molecular formula is C33H27ClN2O4S. The van der Waals surface area contributed by atoms with Crippen LogP contribution in [0.3, 0.4) is 0 Å². The summed E-state index contributed by atoms with van der Waals surface area (Å²) in [7, 11) is 1.54. The summed E-state index contributed by atoms with van der Waals surface area (Å²) < 4.78 is 11.8. The highest BCUT2D eigenvalue weighted by Crippen LogP contribution is 2.36. The third-order valence-corrected chi connectivity index (χ3v) is 7.46. The topological polar surface area (TPSA) is 59.1 Å². The number of ether oxygens (including phenoxy) is 2. The van der Waals surface area contributed by atoms with E-state index in [1.807, 2.05) is 62.4 Å². The lowest BCUT2D eigenvalue weighted by Crippen LogP contribution is -2.57. The van der Waals surface area contributed by atoms with Crippen LogP contribution < -0.4 is 19.3 Å². The Morgan fingerprint density at radius 3 is 2.15 bits per heavy atom. The van der Waals surface area contributed by atoms with Gasteiger partial charge in [0.05, 0.1) is 18.5 Å². The molecule has 0 radical (unpaired) electrons. The van der Waals surface area contributed by atoms with E-state index in [4.69, 9.17) is 33.3 Å². The second kappa shape index (κ2) is 12.0. The molecule has 4 aromatic rings. The number of halogens is 1. The number of aryl methyl sites for hydroxylation is 2. The molecule has 0 spiro atoms. The average Bonchev–Trinajstić information content (AvgIpc) is 2.97. The number of rotatable bonds is 7. The van der Waals surface area contributed by atoms with Gasteiger partial charge in [0.2, 0.25) is 0 Å². The van der Waals surface area contributed by atoms with E-state index in [2.05, 4.69) is 0 Å². The number of carbonyl (C=O) groups is 2. The summed E-state index contributed by atoms with van der Waals surface area (Å²) in [5, 5.41) is 0.705. The lowest BCUT2D eigenvalue weighted by Gasteiger charge is -2.36. The Hall–Kier alpha value is -4.46. The number of benzene rings is 4. The van der Waals surface area contributed by atoms with Crippen molar-refractivity contribution in [2.45, 2.75) is 20.5 Å². The number of hydrogen-bond acceptors (Lipinski definition) is 5. The molecule has 0 aliphatic carbocycles. The van der Waals surface area contributed by atoms with E-state index in [0.717, 1.165) is 16.7 Å². The zero-order valence-corrected chi connectivity index (χ0v) is 24.3. The van der Waals surface area contributed by atoms with Gasteiger partial charge in [-0.3, -0.25) is 19.4 Å². The summed E-state index contributed by atoms with van der Waals surface area (Å²) >= 11 is 11.8. The number of methoxy groups -OCH3 is 1. The molecule has 1 aliphatic heterocycles. The van der Waals surface area contributed by atoms with Crippen molar-refractivity contribution >= 4 is 58.2 Å². The van der Waals surface area contributed by atoms with Crippen molar-refractivity contribution in [3.63, 3.8) is 0 Å². The molecular weight excluding hydrogens is 556 g/mol. The first kappa shape index (κ1) is 28.1. The summed E-state index contributed by atoms with van der Waals surface area (Å²) in [5.74, 6) is -0.194. The van der Waals surface area contributed by atoms with Gasteiger partial charge in [0.25, 0.3) is 11.8 Å². The molecule has 0 aromatic heterocycles. The van der Waals surface area contributed by atoms with E-state index >= 15 is 0 Å². The molecule has 41 heavy (non-hydrogen) atoms. The fourth-order valence-electron chi connectivity index (χ4n) is 4.48. The van der Waals surface area contributed by atoms with Gasteiger partial charge in [0, 0.05) is 10.6 Å². The predicted molar refractivity (Wildman–Crippen MR) is 167 cm³/mol. The normalized spacial score (nSPS) is 14.5. The van der Waals surface area contributed by atoms with E-state index in [1.165, 1.54) is 23.0 Å². The van der Waals surface area contributed by atoms with Crippen molar-refractivity contribution in [1.82, 2.24) is 0 Å². The van der Waals surface area contributed by atoms with Crippen LogP contribution in [0.4, 0.5) is 11.4 Å². The highest BCUT2D eigenvalue weighted by Gasteiger charge is 2.41. The van der Waals surface area contributed by atoms with Gasteiger partial charge in [0.1, 0.15) is 12.2 Å². The minimum Gasteiger partial charge on any atom is -0.493 e. The highest BCUT2D eigenvalue weighted by atomic mass is 35.5. The molecule has 1 saturated heterocycles. The third kappa shape index (κ3) is 5.73. The van der Waals surface area contributed by atoms with E-state index in [0.29, 0.717) is 33.5 Å². The Bertz CT molecular complexity index is 1670. The number of para-hydroxylation sites is 2. The van der Waals surface area contributed by atoms with Gasteiger partial charge in [-0.2, -0.15) is 0 Å². The third-order valence-electron chi connectivity index (χ3n) is 6.84. The summed E-state index contributed by atoms with van der Waals surface area (Å²) in [5.41, 5.74) is 4.55. The molecule has 0 atom stereocenters. The maximum atomic E-state index is 14.0. The molecule has 0 saturated carbocycles. The van der Waals surface area contributed by atoms with Crippen molar-refractivity contribution in [3.05, 3.63) is 124 Å². The number of hydrogen-bond donors (Lipinski definition) is 0. The summed E-state index contributed by atoms with van der Waals surface area (Å²) in [4.78, 5) is 30.8. The monoisotopic (exact) mass is 582 g/mol. The summed E-state index contributed by atoms with van der Waals surface area (Å²) in [6.45, 7) is 4.19. The van der Waals surface area contributed by atoms with Gasteiger partial charge >= 0.3 is 0 Å². The van der Waals surface area contributed by atoms with E-state index in [1.54, 1.807) is 42.5 Å². The van der Waals surface area contributed by atoms with Crippen molar-refractivity contribution < 1.29 is 19.1 Å². The second-order valence-electron chi connectivity index (χ2n) is 9.52. The number of nitrogens with zero attached hydrogens (tertiary/aromatic N) is 2. The van der Waals surface area contributed by atoms with Gasteiger partial charge in [-0.25, -0.2) is 0 Å². The Kier molecular flexibility index (Phi) is 8.19. The fraction of sp³-hybridized carbons (Fsp3) is 0.121. The smallest absolute Gasteiger partial charge is 0.270 e. The maximum absolute atomic E-state index is 14.0. The fourth-order valence-corrected chi connectivity index (χ4v) is 4.98. The van der Waals surface area contributed by atoms with Crippen LogP contribution in [0.25, 0.3) is 6.08 Å². The molecule has 6 nitrogen and oxygen atoms in total. The van der Waals surface area contributed by atoms with Crippen molar-refractivity contribution in [3.8, 4) is 11.5 Å². The van der Waals surface area contributed by atoms with E-state index in [9.17, 15) is 9.59 Å². The van der Waals surface area contributed by atoms with Crippen LogP contribution in [0.15, 0.2) is 96.6 Å². The molecule has 1 fully saturated rings. The maximum Gasteiger partial charge on any atom is 0.270 e.